The average molecular weight is 418 g/mol. The van der Waals surface area contributed by atoms with Crippen LogP contribution in [0.3, 0.4) is 0 Å². The van der Waals surface area contributed by atoms with Gasteiger partial charge in [0.2, 0.25) is 5.89 Å². The molecule has 5 nitrogen and oxygen atoms in total. The number of hydrogen-bond acceptors (Lipinski definition) is 5. The Balaban J connectivity index is 1.50. The molecule has 0 aliphatic carbocycles. The van der Waals surface area contributed by atoms with E-state index in [2.05, 4.69) is 10.1 Å². The predicted molar refractivity (Wildman–Crippen MR) is 109 cm³/mol. The average Bonchev–Trinajstić information content (AvgIpc) is 3.40. The zero-order valence-electron chi connectivity index (χ0n) is 14.5. The van der Waals surface area contributed by atoms with Crippen molar-refractivity contribution >= 4 is 33.7 Å². The predicted octanol–water partition coefficient (Wildman–Crippen LogP) is 5.00. The monoisotopic (exact) mass is 417 g/mol. The van der Waals surface area contributed by atoms with Crippen LogP contribution in [0.5, 0.6) is 0 Å². The molecule has 0 bridgehead atoms. The maximum atomic E-state index is 12.7. The Labute approximate surface area is 168 Å². The van der Waals surface area contributed by atoms with Crippen LogP contribution in [0.4, 0.5) is 0 Å². The Morgan fingerprint density at radius 3 is 2.74 bits per heavy atom. The van der Waals surface area contributed by atoms with Crippen LogP contribution in [0.15, 0.2) is 58.5 Å². The Hall–Kier alpha value is -2.22. The standard InChI is InChI=1S/C19H16ClN3O2S2/c1-13-16(18(20)23(22-13)15-6-3-2-4-7-15)12-27(24)11-14-10-25-19(21-14)17-8-5-9-26-17/h2-10H,11-12H2,1H3/t27-/m1/s1. The van der Waals surface area contributed by atoms with Gasteiger partial charge in [-0.25, -0.2) is 9.67 Å². The molecule has 0 aliphatic rings. The second-order valence-electron chi connectivity index (χ2n) is 5.95. The first-order chi connectivity index (χ1) is 13.1. The van der Waals surface area contributed by atoms with Gasteiger partial charge in [0.1, 0.15) is 11.4 Å². The molecule has 0 spiro atoms. The van der Waals surface area contributed by atoms with Crippen molar-refractivity contribution < 1.29 is 8.63 Å². The van der Waals surface area contributed by atoms with Crippen LogP contribution in [0.25, 0.3) is 16.5 Å². The lowest BCUT2D eigenvalue weighted by Gasteiger charge is -2.03. The molecular formula is C19H16ClN3O2S2. The van der Waals surface area contributed by atoms with Crippen LogP contribution < -0.4 is 0 Å². The van der Waals surface area contributed by atoms with E-state index < -0.39 is 10.8 Å². The summed E-state index contributed by atoms with van der Waals surface area (Å²) in [5.74, 6) is 1.18. The smallest absolute Gasteiger partial charge is 0.236 e. The molecule has 0 fully saturated rings. The van der Waals surface area contributed by atoms with Gasteiger partial charge in [-0.2, -0.15) is 5.10 Å². The van der Waals surface area contributed by atoms with Gasteiger partial charge in [-0.05, 0) is 30.5 Å². The van der Waals surface area contributed by atoms with Crippen LogP contribution >= 0.6 is 22.9 Å². The molecule has 3 aromatic heterocycles. The van der Waals surface area contributed by atoms with Crippen molar-refractivity contribution in [2.24, 2.45) is 0 Å². The van der Waals surface area contributed by atoms with E-state index in [-0.39, 0.29) is 0 Å². The van der Waals surface area contributed by atoms with Crippen molar-refractivity contribution in [2.45, 2.75) is 18.4 Å². The molecule has 0 saturated heterocycles. The van der Waals surface area contributed by atoms with E-state index in [0.717, 1.165) is 21.8 Å². The fraction of sp³-hybridized carbons (Fsp3) is 0.158. The van der Waals surface area contributed by atoms with Crippen LogP contribution in [-0.2, 0) is 22.3 Å². The molecule has 4 aromatic rings. The van der Waals surface area contributed by atoms with Crippen molar-refractivity contribution in [1.82, 2.24) is 14.8 Å². The van der Waals surface area contributed by atoms with Crippen molar-refractivity contribution in [1.29, 1.82) is 0 Å². The Morgan fingerprint density at radius 1 is 1.19 bits per heavy atom. The summed E-state index contributed by atoms with van der Waals surface area (Å²) in [4.78, 5) is 5.38. The lowest BCUT2D eigenvalue weighted by atomic mass is 10.3. The maximum absolute atomic E-state index is 12.7. The summed E-state index contributed by atoms with van der Waals surface area (Å²) in [6.07, 6.45) is 1.56. The van der Waals surface area contributed by atoms with E-state index >= 15 is 0 Å². The molecule has 0 amide bonds. The SMILES string of the molecule is Cc1nn(-c2ccccc2)c(Cl)c1C[S@](=O)Cc1coc(-c2cccs2)n1. The zero-order chi connectivity index (χ0) is 18.8. The minimum Gasteiger partial charge on any atom is -0.444 e. The second kappa shape index (κ2) is 7.80. The topological polar surface area (TPSA) is 60.9 Å². The third kappa shape index (κ3) is 3.90. The van der Waals surface area contributed by atoms with Gasteiger partial charge in [0.05, 0.1) is 33.5 Å². The van der Waals surface area contributed by atoms with Gasteiger partial charge >= 0.3 is 0 Å². The summed E-state index contributed by atoms with van der Waals surface area (Å²) in [5.41, 5.74) is 3.11. The second-order valence-corrected chi connectivity index (χ2v) is 8.71. The van der Waals surface area contributed by atoms with Gasteiger partial charge in [0.15, 0.2) is 0 Å². The van der Waals surface area contributed by atoms with Gasteiger partial charge in [-0.1, -0.05) is 35.9 Å². The van der Waals surface area contributed by atoms with Gasteiger partial charge < -0.3 is 4.42 Å². The lowest BCUT2D eigenvalue weighted by molar-refractivity contribution is 0.574. The molecule has 1 aromatic carbocycles. The number of halogens is 1. The van der Waals surface area contributed by atoms with Gasteiger partial charge in [-0.3, -0.25) is 4.21 Å². The first-order valence-corrected chi connectivity index (χ1v) is 11.0. The number of rotatable bonds is 6. The van der Waals surface area contributed by atoms with Gasteiger partial charge in [0.25, 0.3) is 0 Å². The summed E-state index contributed by atoms with van der Waals surface area (Å²) in [5, 5.41) is 6.95. The zero-order valence-corrected chi connectivity index (χ0v) is 16.9. The lowest BCUT2D eigenvalue weighted by Crippen LogP contribution is -2.01. The van der Waals surface area contributed by atoms with Crippen LogP contribution in [0, 0.1) is 6.92 Å². The number of benzene rings is 1. The molecule has 1 atom stereocenters. The van der Waals surface area contributed by atoms with E-state index in [1.807, 2.05) is 54.8 Å². The van der Waals surface area contributed by atoms with E-state index in [9.17, 15) is 4.21 Å². The first-order valence-electron chi connectivity index (χ1n) is 8.24. The summed E-state index contributed by atoms with van der Waals surface area (Å²) in [6.45, 7) is 1.88. The number of para-hydroxylation sites is 1. The molecule has 27 heavy (non-hydrogen) atoms. The summed E-state index contributed by atoms with van der Waals surface area (Å²) < 4.78 is 19.8. The largest absolute Gasteiger partial charge is 0.444 e. The number of nitrogens with zero attached hydrogens (tertiary/aromatic N) is 3. The summed E-state index contributed by atoms with van der Waals surface area (Å²) >= 11 is 8.07. The number of hydrogen-bond donors (Lipinski definition) is 0. The molecule has 0 saturated carbocycles. The van der Waals surface area contributed by atoms with Gasteiger partial charge in [0, 0.05) is 16.4 Å². The molecule has 0 N–H and O–H groups in total. The molecule has 138 valence electrons. The minimum absolute atomic E-state index is 0.307. The Bertz CT molecular complexity index is 1070. The number of oxazole rings is 1. The van der Waals surface area contributed by atoms with Crippen molar-refractivity contribution in [3.63, 3.8) is 0 Å². The maximum Gasteiger partial charge on any atom is 0.236 e. The van der Waals surface area contributed by atoms with Crippen LogP contribution in [0.1, 0.15) is 17.0 Å². The minimum atomic E-state index is -1.18. The Morgan fingerprint density at radius 2 is 2.00 bits per heavy atom. The first kappa shape index (κ1) is 18.2. The van der Waals surface area contributed by atoms with E-state index in [4.69, 9.17) is 16.0 Å². The number of aryl methyl sites for hydroxylation is 1. The Kier molecular flexibility index (Phi) is 5.24. The van der Waals surface area contributed by atoms with E-state index in [0.29, 0.717) is 28.2 Å². The van der Waals surface area contributed by atoms with Crippen molar-refractivity contribution in [2.75, 3.05) is 0 Å². The third-order valence-corrected chi connectivity index (χ3v) is 6.49. The highest BCUT2D eigenvalue weighted by Gasteiger charge is 2.18. The molecule has 4 rings (SSSR count). The highest BCUT2D eigenvalue weighted by molar-refractivity contribution is 7.83. The molecule has 0 unspecified atom stereocenters. The van der Waals surface area contributed by atoms with Crippen molar-refractivity contribution in [3.05, 3.63) is 76.2 Å². The fourth-order valence-electron chi connectivity index (χ4n) is 2.70. The highest BCUT2D eigenvalue weighted by Crippen LogP contribution is 2.26. The molecule has 8 heteroatoms. The molecule has 0 aliphatic heterocycles. The van der Waals surface area contributed by atoms with E-state index in [1.165, 1.54) is 0 Å². The third-order valence-electron chi connectivity index (χ3n) is 4.02. The van der Waals surface area contributed by atoms with Crippen molar-refractivity contribution in [3.8, 4) is 16.5 Å². The fourth-order valence-corrected chi connectivity index (χ4v) is 5.01. The summed E-state index contributed by atoms with van der Waals surface area (Å²) in [6, 6.07) is 13.5. The van der Waals surface area contributed by atoms with Crippen LogP contribution in [-0.4, -0.2) is 19.0 Å². The van der Waals surface area contributed by atoms with E-state index in [1.54, 1.807) is 22.3 Å². The molecule has 0 radical (unpaired) electrons. The normalized spacial score (nSPS) is 12.4. The molecular weight excluding hydrogens is 402 g/mol. The quantitative estimate of drug-likeness (QED) is 0.443. The molecule has 3 heterocycles. The summed E-state index contributed by atoms with van der Waals surface area (Å²) in [7, 11) is -1.18. The highest BCUT2D eigenvalue weighted by atomic mass is 35.5. The van der Waals surface area contributed by atoms with Gasteiger partial charge in [-0.15, -0.1) is 11.3 Å². The number of thiophene rings is 1. The van der Waals surface area contributed by atoms with Crippen LogP contribution in [0.2, 0.25) is 5.15 Å². The number of aromatic nitrogens is 3.